The van der Waals surface area contributed by atoms with Crippen LogP contribution in [0.25, 0.3) is 0 Å². The predicted molar refractivity (Wildman–Crippen MR) is 82.1 cm³/mol. The second kappa shape index (κ2) is 5.60. The van der Waals surface area contributed by atoms with Gasteiger partial charge in [-0.3, -0.25) is 9.89 Å². The third-order valence-corrected chi connectivity index (χ3v) is 4.02. The van der Waals surface area contributed by atoms with Crippen LogP contribution in [-0.4, -0.2) is 34.1 Å². The number of aryl methyl sites for hydroxylation is 1. The summed E-state index contributed by atoms with van der Waals surface area (Å²) in [5.41, 5.74) is 9.29. The number of anilines is 1. The van der Waals surface area contributed by atoms with Crippen LogP contribution in [0.1, 0.15) is 40.4 Å². The summed E-state index contributed by atoms with van der Waals surface area (Å²) in [6.07, 6.45) is 3.86. The number of benzene rings is 1. The minimum atomic E-state index is 0.0645. The molecular formula is C16H20N4O. The Morgan fingerprint density at radius 2 is 2.29 bits per heavy atom. The zero-order valence-corrected chi connectivity index (χ0v) is 12.2. The molecule has 21 heavy (non-hydrogen) atoms. The number of piperidine rings is 1. The Kier molecular flexibility index (Phi) is 3.64. The smallest absolute Gasteiger partial charge is 0.253 e. The van der Waals surface area contributed by atoms with E-state index < -0.39 is 0 Å². The first-order chi connectivity index (χ1) is 10.1. The van der Waals surface area contributed by atoms with Crippen LogP contribution in [-0.2, 0) is 0 Å². The molecule has 1 saturated heterocycles. The lowest BCUT2D eigenvalue weighted by Crippen LogP contribution is -2.39. The van der Waals surface area contributed by atoms with Gasteiger partial charge in [0.05, 0.1) is 0 Å². The van der Waals surface area contributed by atoms with Crippen molar-refractivity contribution in [3.63, 3.8) is 0 Å². The van der Waals surface area contributed by atoms with Crippen molar-refractivity contribution in [1.29, 1.82) is 0 Å². The summed E-state index contributed by atoms with van der Waals surface area (Å²) in [5, 5.41) is 7.02. The van der Waals surface area contributed by atoms with Crippen molar-refractivity contribution < 1.29 is 4.79 Å². The van der Waals surface area contributed by atoms with E-state index in [-0.39, 0.29) is 5.91 Å². The van der Waals surface area contributed by atoms with E-state index in [2.05, 4.69) is 10.2 Å². The molecule has 3 rings (SSSR count). The molecule has 0 saturated carbocycles. The molecule has 0 spiro atoms. The van der Waals surface area contributed by atoms with Gasteiger partial charge in [-0.05, 0) is 49.6 Å². The molecule has 2 heterocycles. The molecule has 1 fully saturated rings. The van der Waals surface area contributed by atoms with Gasteiger partial charge in [0.25, 0.3) is 5.91 Å². The Balaban J connectivity index is 1.78. The van der Waals surface area contributed by atoms with E-state index >= 15 is 0 Å². The molecule has 1 amide bonds. The average Bonchev–Trinajstić information content (AvgIpc) is 3.00. The minimum absolute atomic E-state index is 0.0645. The summed E-state index contributed by atoms with van der Waals surface area (Å²) >= 11 is 0. The van der Waals surface area contributed by atoms with Crippen molar-refractivity contribution >= 4 is 11.6 Å². The summed E-state index contributed by atoms with van der Waals surface area (Å²) < 4.78 is 0. The standard InChI is InChI=1S/C16H20N4O/c1-11-7-13(9-14(17)8-11)16(21)20-6-2-3-12(10-20)15-4-5-18-19-15/h4-5,7-9,12H,2-3,6,10,17H2,1H3,(H,18,19). The highest BCUT2D eigenvalue weighted by Crippen LogP contribution is 2.26. The number of carbonyl (C=O) groups is 1. The lowest BCUT2D eigenvalue weighted by Gasteiger charge is -2.32. The largest absolute Gasteiger partial charge is 0.399 e. The van der Waals surface area contributed by atoms with Gasteiger partial charge in [-0.15, -0.1) is 0 Å². The van der Waals surface area contributed by atoms with Crippen molar-refractivity contribution in [2.45, 2.75) is 25.7 Å². The number of nitrogen functional groups attached to an aromatic ring is 1. The third-order valence-electron chi connectivity index (χ3n) is 4.02. The number of aromatic amines is 1. The highest BCUT2D eigenvalue weighted by molar-refractivity contribution is 5.95. The number of amides is 1. The summed E-state index contributed by atoms with van der Waals surface area (Å²) in [6, 6.07) is 7.53. The third kappa shape index (κ3) is 2.91. The molecule has 1 aromatic carbocycles. The van der Waals surface area contributed by atoms with Crippen LogP contribution in [0, 0.1) is 6.92 Å². The van der Waals surface area contributed by atoms with Crippen molar-refractivity contribution in [3.8, 4) is 0 Å². The van der Waals surface area contributed by atoms with Gasteiger partial charge in [0, 0.05) is 42.1 Å². The fourth-order valence-corrected chi connectivity index (χ4v) is 3.03. The second-order valence-electron chi connectivity index (χ2n) is 5.73. The lowest BCUT2D eigenvalue weighted by molar-refractivity contribution is 0.0706. The van der Waals surface area contributed by atoms with Crippen molar-refractivity contribution in [2.75, 3.05) is 18.8 Å². The first-order valence-electron chi connectivity index (χ1n) is 7.29. The Morgan fingerprint density at radius 3 is 3.00 bits per heavy atom. The van der Waals surface area contributed by atoms with Crippen LogP contribution in [0.5, 0.6) is 0 Å². The minimum Gasteiger partial charge on any atom is -0.399 e. The number of aromatic nitrogens is 2. The Labute approximate surface area is 124 Å². The van der Waals surface area contributed by atoms with Crippen molar-refractivity contribution in [3.05, 3.63) is 47.3 Å². The number of H-pyrrole nitrogens is 1. The average molecular weight is 284 g/mol. The first-order valence-corrected chi connectivity index (χ1v) is 7.29. The van der Waals surface area contributed by atoms with E-state index in [4.69, 9.17) is 5.73 Å². The van der Waals surface area contributed by atoms with Crippen LogP contribution in [0.15, 0.2) is 30.5 Å². The zero-order chi connectivity index (χ0) is 14.8. The Hall–Kier alpha value is -2.30. The van der Waals surface area contributed by atoms with Gasteiger partial charge in [0.15, 0.2) is 0 Å². The van der Waals surface area contributed by atoms with E-state index in [1.54, 1.807) is 12.3 Å². The summed E-state index contributed by atoms with van der Waals surface area (Å²) in [5.74, 6) is 0.405. The number of likely N-dealkylation sites (tertiary alicyclic amines) is 1. The fourth-order valence-electron chi connectivity index (χ4n) is 3.03. The molecule has 0 aliphatic carbocycles. The fraction of sp³-hybridized carbons (Fsp3) is 0.375. The highest BCUT2D eigenvalue weighted by Gasteiger charge is 2.26. The normalized spacial score (nSPS) is 18.7. The van der Waals surface area contributed by atoms with E-state index in [0.29, 0.717) is 17.2 Å². The van der Waals surface area contributed by atoms with E-state index in [1.807, 2.05) is 30.0 Å². The van der Waals surface area contributed by atoms with Gasteiger partial charge in [-0.2, -0.15) is 5.10 Å². The summed E-state index contributed by atoms with van der Waals surface area (Å²) in [4.78, 5) is 14.6. The van der Waals surface area contributed by atoms with Gasteiger partial charge >= 0.3 is 0 Å². The van der Waals surface area contributed by atoms with Gasteiger partial charge in [0.1, 0.15) is 0 Å². The molecule has 0 bridgehead atoms. The molecule has 0 radical (unpaired) electrons. The van der Waals surface area contributed by atoms with Gasteiger partial charge in [0.2, 0.25) is 0 Å². The number of hydrogen-bond acceptors (Lipinski definition) is 3. The molecule has 1 aliphatic heterocycles. The van der Waals surface area contributed by atoms with E-state index in [9.17, 15) is 4.79 Å². The second-order valence-corrected chi connectivity index (χ2v) is 5.73. The quantitative estimate of drug-likeness (QED) is 0.831. The first kappa shape index (κ1) is 13.7. The molecule has 2 aromatic rings. The Morgan fingerprint density at radius 1 is 1.43 bits per heavy atom. The molecule has 5 heteroatoms. The maximum atomic E-state index is 12.7. The van der Waals surface area contributed by atoms with Gasteiger partial charge in [-0.1, -0.05) is 0 Å². The predicted octanol–water partition coefficient (Wildman–Crippen LogP) is 2.32. The topological polar surface area (TPSA) is 75.0 Å². The van der Waals surface area contributed by atoms with Crippen LogP contribution in [0.2, 0.25) is 0 Å². The number of nitrogens with zero attached hydrogens (tertiary/aromatic N) is 2. The number of rotatable bonds is 2. The van der Waals surface area contributed by atoms with Gasteiger partial charge < -0.3 is 10.6 Å². The molecule has 1 aliphatic rings. The summed E-state index contributed by atoms with van der Waals surface area (Å²) in [7, 11) is 0. The number of nitrogens with two attached hydrogens (primary N) is 1. The SMILES string of the molecule is Cc1cc(N)cc(C(=O)N2CCCC(c3ccn[nH]3)C2)c1. The molecule has 1 unspecified atom stereocenters. The van der Waals surface area contributed by atoms with Crippen LogP contribution in [0.3, 0.4) is 0 Å². The highest BCUT2D eigenvalue weighted by atomic mass is 16.2. The van der Waals surface area contributed by atoms with Crippen LogP contribution in [0.4, 0.5) is 5.69 Å². The van der Waals surface area contributed by atoms with E-state index in [1.165, 1.54) is 0 Å². The molecular weight excluding hydrogens is 264 g/mol. The maximum Gasteiger partial charge on any atom is 0.253 e. The van der Waals surface area contributed by atoms with Crippen molar-refractivity contribution in [2.24, 2.45) is 0 Å². The molecule has 110 valence electrons. The maximum absolute atomic E-state index is 12.7. The van der Waals surface area contributed by atoms with Crippen molar-refractivity contribution in [1.82, 2.24) is 15.1 Å². The van der Waals surface area contributed by atoms with Gasteiger partial charge in [-0.25, -0.2) is 0 Å². The monoisotopic (exact) mass is 284 g/mol. The summed E-state index contributed by atoms with van der Waals surface area (Å²) in [6.45, 7) is 3.49. The Bertz CT molecular complexity index is 615. The number of hydrogen-bond donors (Lipinski definition) is 2. The molecule has 1 atom stereocenters. The van der Waals surface area contributed by atoms with E-state index in [0.717, 1.165) is 37.2 Å². The molecule has 1 aromatic heterocycles. The van der Waals surface area contributed by atoms with Crippen LogP contribution < -0.4 is 5.73 Å². The van der Waals surface area contributed by atoms with Crippen LogP contribution >= 0.6 is 0 Å². The zero-order valence-electron chi connectivity index (χ0n) is 12.2. The number of carbonyl (C=O) groups excluding carboxylic acids is 1. The lowest BCUT2D eigenvalue weighted by atomic mass is 9.94. The molecule has 3 N–H and O–H groups in total. The molecule has 5 nitrogen and oxygen atoms in total. The number of nitrogens with one attached hydrogen (secondary N) is 1.